The van der Waals surface area contributed by atoms with Crippen LogP contribution in [0.4, 0.5) is 18.9 Å². The van der Waals surface area contributed by atoms with Gasteiger partial charge in [-0.1, -0.05) is 0 Å². The van der Waals surface area contributed by atoms with E-state index in [0.29, 0.717) is 11.8 Å². The lowest BCUT2D eigenvalue weighted by Gasteiger charge is -2.15. The number of benzene rings is 2. The fraction of sp³-hybridized carbons (Fsp3) is 0.235. The number of alkyl halides is 3. The van der Waals surface area contributed by atoms with Crippen molar-refractivity contribution in [2.24, 2.45) is 0 Å². The predicted molar refractivity (Wildman–Crippen MR) is 93.7 cm³/mol. The molecule has 152 valence electrons. The maximum atomic E-state index is 12.8. The van der Waals surface area contributed by atoms with Gasteiger partial charge in [-0.3, -0.25) is 4.79 Å². The van der Waals surface area contributed by atoms with Crippen molar-refractivity contribution in [3.8, 4) is 17.2 Å². The van der Waals surface area contributed by atoms with Crippen LogP contribution in [-0.4, -0.2) is 41.2 Å². The van der Waals surface area contributed by atoms with E-state index in [1.54, 1.807) is 0 Å². The van der Waals surface area contributed by atoms with Gasteiger partial charge >= 0.3 is 5.51 Å². The Bertz CT molecular complexity index is 989. The standard InChI is InChI=1S/C17H16F3NO6S/c1-25-10-4-6-12(15(8-10)27-3)16(22)21-13-9-11(5-7-14(13)26-2)28(23,24)17(18,19)20/h4-9H,1-3H3,(H,21,22). The van der Waals surface area contributed by atoms with Gasteiger partial charge in [-0.05, 0) is 30.3 Å². The Labute approximate surface area is 158 Å². The lowest BCUT2D eigenvalue weighted by Crippen LogP contribution is -2.23. The van der Waals surface area contributed by atoms with E-state index >= 15 is 0 Å². The predicted octanol–water partition coefficient (Wildman–Crippen LogP) is 3.26. The van der Waals surface area contributed by atoms with Gasteiger partial charge in [-0.2, -0.15) is 13.2 Å². The first kappa shape index (κ1) is 21.4. The van der Waals surface area contributed by atoms with Crippen molar-refractivity contribution in [1.29, 1.82) is 0 Å². The molecule has 0 atom stereocenters. The number of hydrogen-bond donors (Lipinski definition) is 1. The molecule has 0 aliphatic rings. The zero-order valence-electron chi connectivity index (χ0n) is 15.0. The number of carbonyl (C=O) groups excluding carboxylic acids is 1. The third-order valence-corrected chi connectivity index (χ3v) is 5.17. The van der Waals surface area contributed by atoms with Crippen LogP contribution in [0, 0.1) is 0 Å². The highest BCUT2D eigenvalue weighted by molar-refractivity contribution is 7.92. The number of anilines is 1. The number of rotatable bonds is 6. The number of amides is 1. The molecule has 0 saturated heterocycles. The van der Waals surface area contributed by atoms with E-state index in [1.807, 2.05) is 0 Å². The molecule has 0 unspecified atom stereocenters. The van der Waals surface area contributed by atoms with Gasteiger partial charge < -0.3 is 19.5 Å². The second-order valence-corrected chi connectivity index (χ2v) is 7.27. The molecule has 0 saturated carbocycles. The van der Waals surface area contributed by atoms with E-state index in [1.165, 1.54) is 39.5 Å². The van der Waals surface area contributed by atoms with Crippen LogP contribution < -0.4 is 19.5 Å². The molecule has 2 aromatic carbocycles. The number of sulfone groups is 1. The summed E-state index contributed by atoms with van der Waals surface area (Å²) in [6.45, 7) is 0. The molecule has 1 N–H and O–H groups in total. The monoisotopic (exact) mass is 419 g/mol. The van der Waals surface area contributed by atoms with E-state index < -0.39 is 26.1 Å². The summed E-state index contributed by atoms with van der Waals surface area (Å²) >= 11 is 0. The fourth-order valence-electron chi connectivity index (χ4n) is 2.26. The highest BCUT2D eigenvalue weighted by Crippen LogP contribution is 2.35. The maximum absolute atomic E-state index is 12.8. The molecule has 11 heteroatoms. The maximum Gasteiger partial charge on any atom is 0.501 e. The van der Waals surface area contributed by atoms with E-state index in [-0.39, 0.29) is 22.7 Å². The molecule has 2 aromatic rings. The largest absolute Gasteiger partial charge is 0.501 e. The average molecular weight is 419 g/mol. The molecule has 1 amide bonds. The Kier molecular flexibility index (Phi) is 6.07. The summed E-state index contributed by atoms with van der Waals surface area (Å²) in [5.41, 5.74) is -5.69. The lowest BCUT2D eigenvalue weighted by molar-refractivity contribution is -0.0436. The minimum atomic E-state index is -5.59. The van der Waals surface area contributed by atoms with Crippen LogP contribution in [0.15, 0.2) is 41.3 Å². The normalized spacial score (nSPS) is 11.6. The number of carbonyl (C=O) groups is 1. The summed E-state index contributed by atoms with van der Waals surface area (Å²) in [7, 11) is -1.63. The molecule has 0 spiro atoms. The summed E-state index contributed by atoms with van der Waals surface area (Å²) in [5.74, 6) is -0.208. The van der Waals surface area contributed by atoms with Gasteiger partial charge in [0, 0.05) is 6.07 Å². The second-order valence-electron chi connectivity index (χ2n) is 5.33. The number of methoxy groups -OCH3 is 3. The number of ether oxygens (including phenoxy) is 3. The first-order valence-corrected chi connectivity index (χ1v) is 9.06. The van der Waals surface area contributed by atoms with Crippen molar-refractivity contribution in [2.75, 3.05) is 26.6 Å². The van der Waals surface area contributed by atoms with E-state index in [2.05, 4.69) is 5.32 Å². The zero-order chi connectivity index (χ0) is 21.1. The molecule has 0 aromatic heterocycles. The average Bonchev–Trinajstić information content (AvgIpc) is 2.66. The molecule has 0 heterocycles. The first-order chi connectivity index (χ1) is 13.0. The van der Waals surface area contributed by atoms with Crippen LogP contribution in [0.5, 0.6) is 17.2 Å². The van der Waals surface area contributed by atoms with Gasteiger partial charge in [0.05, 0.1) is 37.5 Å². The van der Waals surface area contributed by atoms with Crippen molar-refractivity contribution in [1.82, 2.24) is 0 Å². The molecule has 2 rings (SSSR count). The number of nitrogens with one attached hydrogen (secondary N) is 1. The molecule has 7 nitrogen and oxygen atoms in total. The Hall–Kier alpha value is -2.95. The van der Waals surface area contributed by atoms with Crippen LogP contribution in [0.2, 0.25) is 0 Å². The fourth-order valence-corrected chi connectivity index (χ4v) is 3.05. The third kappa shape index (κ3) is 4.14. The quantitative estimate of drug-likeness (QED) is 0.773. The molecule has 0 fully saturated rings. The second kappa shape index (κ2) is 7.97. The van der Waals surface area contributed by atoms with Gasteiger partial charge in [0.2, 0.25) is 0 Å². The molecule has 0 aliphatic heterocycles. The first-order valence-electron chi connectivity index (χ1n) is 7.58. The minimum Gasteiger partial charge on any atom is -0.497 e. The van der Waals surface area contributed by atoms with Crippen molar-refractivity contribution in [3.63, 3.8) is 0 Å². The van der Waals surface area contributed by atoms with Crippen LogP contribution in [0.3, 0.4) is 0 Å². The summed E-state index contributed by atoms with van der Waals surface area (Å²) in [6.07, 6.45) is 0. The topological polar surface area (TPSA) is 90.9 Å². The highest BCUT2D eigenvalue weighted by atomic mass is 32.2. The molecular formula is C17H16F3NO6S. The summed E-state index contributed by atoms with van der Waals surface area (Å²) in [4.78, 5) is 11.5. The summed E-state index contributed by atoms with van der Waals surface area (Å²) in [6, 6.07) is 6.74. The van der Waals surface area contributed by atoms with Crippen molar-refractivity contribution >= 4 is 21.4 Å². The smallest absolute Gasteiger partial charge is 0.497 e. The molecule has 0 radical (unpaired) electrons. The Morgan fingerprint density at radius 3 is 2.11 bits per heavy atom. The van der Waals surface area contributed by atoms with Crippen LogP contribution in [0.25, 0.3) is 0 Å². The molecule has 0 bridgehead atoms. The van der Waals surface area contributed by atoms with Gasteiger partial charge in [0.15, 0.2) is 0 Å². The Morgan fingerprint density at radius 1 is 0.929 bits per heavy atom. The van der Waals surface area contributed by atoms with Crippen LogP contribution >= 0.6 is 0 Å². The van der Waals surface area contributed by atoms with Gasteiger partial charge in [-0.25, -0.2) is 8.42 Å². The summed E-state index contributed by atoms with van der Waals surface area (Å²) < 4.78 is 76.7. The highest BCUT2D eigenvalue weighted by Gasteiger charge is 2.47. The molecule has 0 aliphatic carbocycles. The van der Waals surface area contributed by atoms with Gasteiger partial charge in [0.1, 0.15) is 17.2 Å². The molecular weight excluding hydrogens is 403 g/mol. The van der Waals surface area contributed by atoms with Crippen LogP contribution in [-0.2, 0) is 9.84 Å². The zero-order valence-corrected chi connectivity index (χ0v) is 15.8. The van der Waals surface area contributed by atoms with E-state index in [4.69, 9.17) is 14.2 Å². The van der Waals surface area contributed by atoms with E-state index in [0.717, 1.165) is 12.1 Å². The van der Waals surface area contributed by atoms with Crippen LogP contribution in [0.1, 0.15) is 10.4 Å². The van der Waals surface area contributed by atoms with Gasteiger partial charge in [0.25, 0.3) is 15.7 Å². The number of hydrogen-bond acceptors (Lipinski definition) is 6. The SMILES string of the molecule is COc1ccc(C(=O)Nc2cc(S(=O)(=O)C(F)(F)F)ccc2OC)c(OC)c1. The third-order valence-electron chi connectivity index (χ3n) is 3.69. The van der Waals surface area contributed by atoms with Gasteiger partial charge in [-0.15, -0.1) is 0 Å². The Morgan fingerprint density at radius 2 is 1.57 bits per heavy atom. The van der Waals surface area contributed by atoms with Crippen molar-refractivity contribution in [3.05, 3.63) is 42.0 Å². The summed E-state index contributed by atoms with van der Waals surface area (Å²) in [5, 5.41) is 2.34. The lowest BCUT2D eigenvalue weighted by atomic mass is 10.1. The Balaban J connectivity index is 2.46. The van der Waals surface area contributed by atoms with Crippen molar-refractivity contribution < 1.29 is 40.6 Å². The molecule has 28 heavy (non-hydrogen) atoms. The minimum absolute atomic E-state index is 0.0260. The number of halogens is 3. The van der Waals surface area contributed by atoms with E-state index in [9.17, 15) is 26.4 Å². The van der Waals surface area contributed by atoms with Crippen molar-refractivity contribution in [2.45, 2.75) is 10.4 Å².